The Kier molecular flexibility index (Phi) is 3.97. The van der Waals surface area contributed by atoms with Gasteiger partial charge in [-0.25, -0.2) is 0 Å². The average Bonchev–Trinajstić information content (AvgIpc) is 2.16. The highest BCUT2D eigenvalue weighted by molar-refractivity contribution is 5.30. The van der Waals surface area contributed by atoms with Crippen LogP contribution in [0.5, 0.6) is 0 Å². The molecule has 0 amide bonds. The van der Waals surface area contributed by atoms with E-state index in [-0.39, 0.29) is 6.61 Å². The molecule has 0 bridgehead atoms. The van der Waals surface area contributed by atoms with Crippen LogP contribution in [0, 0.1) is 6.92 Å². The van der Waals surface area contributed by atoms with Crippen LogP contribution in [0.3, 0.4) is 0 Å². The molecule has 0 aliphatic rings. The van der Waals surface area contributed by atoms with E-state index in [1.807, 2.05) is 6.92 Å². The Bertz CT molecular complexity index is 266. The van der Waals surface area contributed by atoms with Gasteiger partial charge in [0, 0.05) is 0 Å². The van der Waals surface area contributed by atoms with E-state index in [2.05, 4.69) is 25.1 Å². The van der Waals surface area contributed by atoms with E-state index >= 15 is 0 Å². The fraction of sp³-hybridized carbons (Fsp3) is 0.500. The van der Waals surface area contributed by atoms with Crippen molar-refractivity contribution in [1.82, 2.24) is 0 Å². The average molecular weight is 178 g/mol. The van der Waals surface area contributed by atoms with Crippen molar-refractivity contribution in [3.63, 3.8) is 0 Å². The lowest BCUT2D eigenvalue weighted by molar-refractivity contribution is 0.281. The first-order chi connectivity index (χ1) is 6.27. The van der Waals surface area contributed by atoms with Crippen LogP contribution in [-0.2, 0) is 13.0 Å². The van der Waals surface area contributed by atoms with E-state index in [4.69, 9.17) is 5.11 Å². The van der Waals surface area contributed by atoms with E-state index in [0.29, 0.717) is 0 Å². The molecule has 0 spiro atoms. The fourth-order valence-corrected chi connectivity index (χ4v) is 1.43. The predicted molar refractivity (Wildman–Crippen MR) is 55.7 cm³/mol. The molecule has 0 aliphatic heterocycles. The number of hydrogen-bond donors (Lipinski definition) is 1. The summed E-state index contributed by atoms with van der Waals surface area (Å²) >= 11 is 0. The molecule has 0 saturated carbocycles. The van der Waals surface area contributed by atoms with Crippen LogP contribution in [0.15, 0.2) is 18.2 Å². The number of aliphatic hydroxyl groups excluding tert-OH is 1. The van der Waals surface area contributed by atoms with Gasteiger partial charge >= 0.3 is 0 Å². The Labute approximate surface area is 80.4 Å². The molecular weight excluding hydrogens is 160 g/mol. The molecule has 0 saturated heterocycles. The topological polar surface area (TPSA) is 20.2 Å². The van der Waals surface area contributed by atoms with Gasteiger partial charge in [-0.05, 0) is 36.5 Å². The second-order valence-corrected chi connectivity index (χ2v) is 3.52. The van der Waals surface area contributed by atoms with Gasteiger partial charge in [-0.2, -0.15) is 0 Å². The van der Waals surface area contributed by atoms with Crippen molar-refractivity contribution < 1.29 is 5.11 Å². The van der Waals surface area contributed by atoms with Gasteiger partial charge in [0.2, 0.25) is 0 Å². The predicted octanol–water partition coefficient (Wildman–Crippen LogP) is 2.83. The van der Waals surface area contributed by atoms with Crippen molar-refractivity contribution in [2.75, 3.05) is 0 Å². The van der Waals surface area contributed by atoms with Crippen LogP contribution in [0.4, 0.5) is 0 Å². The molecule has 0 radical (unpaired) electrons. The first-order valence-corrected chi connectivity index (χ1v) is 4.97. The molecule has 0 aliphatic carbocycles. The number of benzene rings is 1. The minimum absolute atomic E-state index is 0.159. The van der Waals surface area contributed by atoms with E-state index in [9.17, 15) is 0 Å². The Hall–Kier alpha value is -0.820. The molecule has 0 aromatic heterocycles. The molecule has 13 heavy (non-hydrogen) atoms. The van der Waals surface area contributed by atoms with Crippen molar-refractivity contribution in [3.8, 4) is 0 Å². The smallest absolute Gasteiger partial charge is 0.0684 e. The summed E-state index contributed by atoms with van der Waals surface area (Å²) < 4.78 is 0. The Balaban J connectivity index is 2.74. The summed E-state index contributed by atoms with van der Waals surface area (Å²) in [4.78, 5) is 0. The zero-order valence-electron chi connectivity index (χ0n) is 8.51. The van der Waals surface area contributed by atoms with Crippen molar-refractivity contribution >= 4 is 0 Å². The highest BCUT2D eigenvalue weighted by Crippen LogP contribution is 2.13. The quantitative estimate of drug-likeness (QED) is 0.751. The van der Waals surface area contributed by atoms with Gasteiger partial charge in [-0.3, -0.25) is 0 Å². The third-order valence-electron chi connectivity index (χ3n) is 2.40. The van der Waals surface area contributed by atoms with Gasteiger partial charge < -0.3 is 5.11 Å². The van der Waals surface area contributed by atoms with Crippen molar-refractivity contribution in [2.24, 2.45) is 0 Å². The first kappa shape index (κ1) is 10.3. The van der Waals surface area contributed by atoms with Crippen LogP contribution < -0.4 is 0 Å². The molecule has 1 nitrogen and oxygen atoms in total. The Morgan fingerprint density at radius 2 is 2.08 bits per heavy atom. The molecule has 1 aromatic rings. The minimum atomic E-state index is 0.159. The number of unbranched alkanes of at least 4 members (excludes halogenated alkanes) is 1. The maximum atomic E-state index is 9.07. The van der Waals surface area contributed by atoms with E-state index in [0.717, 1.165) is 12.0 Å². The van der Waals surface area contributed by atoms with Crippen molar-refractivity contribution in [2.45, 2.75) is 39.7 Å². The van der Waals surface area contributed by atoms with Crippen LogP contribution in [-0.4, -0.2) is 5.11 Å². The minimum Gasteiger partial charge on any atom is -0.392 e. The summed E-state index contributed by atoms with van der Waals surface area (Å²) in [5.41, 5.74) is 3.59. The second kappa shape index (κ2) is 5.03. The van der Waals surface area contributed by atoms with Crippen LogP contribution in [0.1, 0.15) is 36.5 Å². The monoisotopic (exact) mass is 178 g/mol. The maximum absolute atomic E-state index is 9.07. The second-order valence-electron chi connectivity index (χ2n) is 3.52. The number of aryl methyl sites for hydroxylation is 2. The SMILES string of the molecule is CCCCc1ccc(C)c(CO)c1. The molecule has 72 valence electrons. The largest absolute Gasteiger partial charge is 0.392 e. The molecule has 1 heteroatoms. The molecule has 0 fully saturated rings. The van der Waals surface area contributed by atoms with Crippen LogP contribution >= 0.6 is 0 Å². The van der Waals surface area contributed by atoms with E-state index < -0.39 is 0 Å². The third kappa shape index (κ3) is 2.85. The highest BCUT2D eigenvalue weighted by atomic mass is 16.3. The van der Waals surface area contributed by atoms with Crippen LogP contribution in [0.2, 0.25) is 0 Å². The zero-order chi connectivity index (χ0) is 9.68. The van der Waals surface area contributed by atoms with Gasteiger partial charge in [-0.15, -0.1) is 0 Å². The van der Waals surface area contributed by atoms with Gasteiger partial charge in [0.05, 0.1) is 6.61 Å². The van der Waals surface area contributed by atoms with Gasteiger partial charge in [0.15, 0.2) is 0 Å². The van der Waals surface area contributed by atoms with E-state index in [1.54, 1.807) is 0 Å². The van der Waals surface area contributed by atoms with Gasteiger partial charge in [-0.1, -0.05) is 31.5 Å². The molecular formula is C12H18O. The summed E-state index contributed by atoms with van der Waals surface area (Å²) in [5.74, 6) is 0. The van der Waals surface area contributed by atoms with Crippen molar-refractivity contribution in [1.29, 1.82) is 0 Å². The van der Waals surface area contributed by atoms with Crippen molar-refractivity contribution in [3.05, 3.63) is 34.9 Å². The molecule has 1 rings (SSSR count). The van der Waals surface area contributed by atoms with E-state index in [1.165, 1.54) is 24.0 Å². The lowest BCUT2D eigenvalue weighted by Crippen LogP contribution is -1.92. The standard InChI is InChI=1S/C12H18O/c1-3-4-5-11-7-6-10(2)12(8-11)9-13/h6-8,13H,3-5,9H2,1-2H3. The lowest BCUT2D eigenvalue weighted by atomic mass is 10.0. The fourth-order valence-electron chi connectivity index (χ4n) is 1.43. The lowest BCUT2D eigenvalue weighted by Gasteiger charge is -2.05. The number of aliphatic hydroxyl groups is 1. The number of hydrogen-bond acceptors (Lipinski definition) is 1. The zero-order valence-corrected chi connectivity index (χ0v) is 8.51. The van der Waals surface area contributed by atoms with Gasteiger partial charge in [0.1, 0.15) is 0 Å². The summed E-state index contributed by atoms with van der Waals surface area (Å²) in [6.07, 6.45) is 3.58. The van der Waals surface area contributed by atoms with Gasteiger partial charge in [0.25, 0.3) is 0 Å². The third-order valence-corrected chi connectivity index (χ3v) is 2.40. The molecule has 0 heterocycles. The molecule has 1 aromatic carbocycles. The molecule has 0 atom stereocenters. The summed E-state index contributed by atoms with van der Waals surface area (Å²) in [6.45, 7) is 4.39. The summed E-state index contributed by atoms with van der Waals surface area (Å²) in [6, 6.07) is 6.37. The Morgan fingerprint density at radius 3 is 2.69 bits per heavy atom. The highest BCUT2D eigenvalue weighted by Gasteiger charge is 1.98. The Morgan fingerprint density at radius 1 is 1.31 bits per heavy atom. The maximum Gasteiger partial charge on any atom is 0.0684 e. The van der Waals surface area contributed by atoms with Crippen LogP contribution in [0.25, 0.3) is 0 Å². The summed E-state index contributed by atoms with van der Waals surface area (Å²) in [7, 11) is 0. The summed E-state index contributed by atoms with van der Waals surface area (Å²) in [5, 5.41) is 9.07. The normalized spacial score (nSPS) is 10.4. The molecule has 0 unspecified atom stereocenters. The number of rotatable bonds is 4. The first-order valence-electron chi connectivity index (χ1n) is 4.97. The molecule has 1 N–H and O–H groups in total.